The number of anilines is 1. The fourth-order valence-corrected chi connectivity index (χ4v) is 2.97. The first-order chi connectivity index (χ1) is 11.2. The largest absolute Gasteiger partial charge is 0.464 e. The standard InChI is InChI=1S/C14H14F3N3O3S/c1-2-23-13-18-7-12(8-19-13)20-24(21,22)9-10-3-5-11(6-4-10)14(15,16)17/h3-8,20H,2,9H2,1H3. The SMILES string of the molecule is CCOc1ncc(NS(=O)(=O)Cc2ccc(C(F)(F)F)cc2)cn1. The van der Waals surface area contributed by atoms with E-state index in [2.05, 4.69) is 14.7 Å². The minimum absolute atomic E-state index is 0.114. The van der Waals surface area contributed by atoms with Crippen molar-refractivity contribution in [2.75, 3.05) is 11.3 Å². The molecule has 0 radical (unpaired) electrons. The number of sulfonamides is 1. The summed E-state index contributed by atoms with van der Waals surface area (Å²) in [5.74, 6) is -0.474. The molecule has 24 heavy (non-hydrogen) atoms. The monoisotopic (exact) mass is 361 g/mol. The van der Waals surface area contributed by atoms with Crippen LogP contribution in [-0.2, 0) is 22.0 Å². The summed E-state index contributed by atoms with van der Waals surface area (Å²) in [6.45, 7) is 2.13. The number of nitrogens with one attached hydrogen (secondary N) is 1. The minimum Gasteiger partial charge on any atom is -0.464 e. The summed E-state index contributed by atoms with van der Waals surface area (Å²) in [4.78, 5) is 7.63. The first-order valence-electron chi connectivity index (χ1n) is 6.81. The Bertz CT molecular complexity index is 776. The van der Waals surface area contributed by atoms with E-state index in [-0.39, 0.29) is 17.3 Å². The number of halogens is 3. The van der Waals surface area contributed by atoms with Gasteiger partial charge in [0.2, 0.25) is 10.0 Å². The predicted octanol–water partition coefficient (Wildman–Crippen LogP) is 2.84. The van der Waals surface area contributed by atoms with Crippen LogP contribution in [0.5, 0.6) is 6.01 Å². The maximum absolute atomic E-state index is 12.5. The summed E-state index contributed by atoms with van der Waals surface area (Å²) < 4.78 is 68.8. The smallest absolute Gasteiger partial charge is 0.416 e. The molecular weight excluding hydrogens is 347 g/mol. The molecule has 0 atom stereocenters. The molecule has 0 aliphatic rings. The Morgan fingerprint density at radius 1 is 1.12 bits per heavy atom. The molecule has 0 saturated carbocycles. The highest BCUT2D eigenvalue weighted by Gasteiger charge is 2.30. The summed E-state index contributed by atoms with van der Waals surface area (Å²) in [6.07, 6.45) is -1.99. The zero-order valence-electron chi connectivity index (χ0n) is 12.5. The van der Waals surface area contributed by atoms with Gasteiger partial charge in [0.05, 0.1) is 36.0 Å². The Morgan fingerprint density at radius 3 is 2.21 bits per heavy atom. The third-order valence-corrected chi connectivity index (χ3v) is 4.07. The van der Waals surface area contributed by atoms with Crippen LogP contribution in [0.15, 0.2) is 36.7 Å². The van der Waals surface area contributed by atoms with E-state index in [4.69, 9.17) is 4.74 Å². The molecule has 2 rings (SSSR count). The Labute approximate surface area is 136 Å². The molecule has 1 aromatic heterocycles. The second-order valence-corrected chi connectivity index (χ2v) is 6.47. The van der Waals surface area contributed by atoms with E-state index in [1.165, 1.54) is 12.4 Å². The second-order valence-electron chi connectivity index (χ2n) is 4.74. The Morgan fingerprint density at radius 2 is 1.71 bits per heavy atom. The van der Waals surface area contributed by atoms with Crippen molar-refractivity contribution in [2.24, 2.45) is 0 Å². The van der Waals surface area contributed by atoms with Crippen LogP contribution in [-0.4, -0.2) is 25.0 Å². The normalized spacial score (nSPS) is 12.0. The van der Waals surface area contributed by atoms with E-state index in [9.17, 15) is 21.6 Å². The molecule has 0 aliphatic carbocycles. The van der Waals surface area contributed by atoms with Gasteiger partial charge in [0.1, 0.15) is 0 Å². The van der Waals surface area contributed by atoms with Gasteiger partial charge in [0.15, 0.2) is 0 Å². The highest BCUT2D eigenvalue weighted by atomic mass is 32.2. The first-order valence-corrected chi connectivity index (χ1v) is 8.46. The highest BCUT2D eigenvalue weighted by molar-refractivity contribution is 7.91. The fourth-order valence-electron chi connectivity index (χ4n) is 1.80. The van der Waals surface area contributed by atoms with Crippen molar-refractivity contribution < 1.29 is 26.3 Å². The molecular formula is C14H14F3N3O3S. The van der Waals surface area contributed by atoms with Crippen LogP contribution in [0.4, 0.5) is 18.9 Å². The van der Waals surface area contributed by atoms with Crippen LogP contribution in [0.3, 0.4) is 0 Å². The lowest BCUT2D eigenvalue weighted by molar-refractivity contribution is -0.137. The first kappa shape index (κ1) is 18.0. The maximum atomic E-state index is 12.5. The van der Waals surface area contributed by atoms with E-state index in [1.807, 2.05) is 0 Å². The lowest BCUT2D eigenvalue weighted by Crippen LogP contribution is -2.15. The molecule has 0 spiro atoms. The molecule has 0 aliphatic heterocycles. The number of nitrogens with zero attached hydrogens (tertiary/aromatic N) is 2. The molecule has 0 saturated heterocycles. The number of rotatable bonds is 6. The molecule has 10 heteroatoms. The quantitative estimate of drug-likeness (QED) is 0.856. The van der Waals surface area contributed by atoms with Crippen LogP contribution >= 0.6 is 0 Å². The van der Waals surface area contributed by atoms with Gasteiger partial charge in [0, 0.05) is 0 Å². The van der Waals surface area contributed by atoms with Gasteiger partial charge in [-0.3, -0.25) is 4.72 Å². The topological polar surface area (TPSA) is 81.2 Å². The third kappa shape index (κ3) is 5.08. The minimum atomic E-state index is -4.46. The molecule has 0 unspecified atom stereocenters. The van der Waals surface area contributed by atoms with Crippen molar-refractivity contribution in [3.8, 4) is 6.01 Å². The van der Waals surface area contributed by atoms with E-state index >= 15 is 0 Å². The molecule has 1 heterocycles. The third-order valence-electron chi connectivity index (χ3n) is 2.81. The average Bonchev–Trinajstić information content (AvgIpc) is 2.48. The summed E-state index contributed by atoms with van der Waals surface area (Å²) >= 11 is 0. The van der Waals surface area contributed by atoms with Crippen molar-refractivity contribution in [2.45, 2.75) is 18.9 Å². The van der Waals surface area contributed by atoms with Crippen LogP contribution in [0.25, 0.3) is 0 Å². The molecule has 2 aromatic rings. The molecule has 130 valence electrons. The number of benzene rings is 1. The Kier molecular flexibility index (Phi) is 5.27. The van der Waals surface area contributed by atoms with Crippen LogP contribution in [0.1, 0.15) is 18.1 Å². The van der Waals surface area contributed by atoms with Gasteiger partial charge in [-0.25, -0.2) is 18.4 Å². The molecule has 1 N–H and O–H groups in total. The van der Waals surface area contributed by atoms with E-state index in [0.29, 0.717) is 6.61 Å². The number of aromatic nitrogens is 2. The molecule has 0 amide bonds. The Hall–Kier alpha value is -2.36. The van der Waals surface area contributed by atoms with Gasteiger partial charge in [-0.1, -0.05) is 12.1 Å². The van der Waals surface area contributed by atoms with E-state index < -0.39 is 27.5 Å². The van der Waals surface area contributed by atoms with Gasteiger partial charge >= 0.3 is 12.2 Å². The van der Waals surface area contributed by atoms with Gasteiger partial charge < -0.3 is 4.74 Å². The maximum Gasteiger partial charge on any atom is 0.416 e. The highest BCUT2D eigenvalue weighted by Crippen LogP contribution is 2.29. The van der Waals surface area contributed by atoms with Gasteiger partial charge in [-0.15, -0.1) is 0 Å². The summed E-state index contributed by atoms with van der Waals surface area (Å²) in [6, 6.07) is 4.03. The zero-order chi connectivity index (χ0) is 17.8. The number of hydrogen-bond acceptors (Lipinski definition) is 5. The number of hydrogen-bond donors (Lipinski definition) is 1. The molecule has 1 aromatic carbocycles. The number of ether oxygens (including phenoxy) is 1. The summed E-state index contributed by atoms with van der Waals surface area (Å²) in [5, 5.41) is 0. The van der Waals surface area contributed by atoms with Gasteiger partial charge in [-0.05, 0) is 24.6 Å². The molecule has 0 bridgehead atoms. The summed E-state index contributed by atoms with van der Waals surface area (Å²) in [7, 11) is -3.81. The molecule has 6 nitrogen and oxygen atoms in total. The lowest BCUT2D eigenvalue weighted by atomic mass is 10.1. The summed E-state index contributed by atoms with van der Waals surface area (Å²) in [5.41, 5.74) is -0.482. The lowest BCUT2D eigenvalue weighted by Gasteiger charge is -2.10. The van der Waals surface area contributed by atoms with Gasteiger partial charge in [0.25, 0.3) is 0 Å². The predicted molar refractivity (Wildman–Crippen MR) is 80.9 cm³/mol. The van der Waals surface area contributed by atoms with Crippen LogP contribution < -0.4 is 9.46 Å². The Balaban J connectivity index is 2.05. The van der Waals surface area contributed by atoms with E-state index in [1.54, 1.807) is 6.92 Å². The van der Waals surface area contributed by atoms with Crippen molar-refractivity contribution in [1.82, 2.24) is 9.97 Å². The zero-order valence-corrected chi connectivity index (χ0v) is 13.4. The van der Waals surface area contributed by atoms with Crippen molar-refractivity contribution in [1.29, 1.82) is 0 Å². The molecule has 0 fully saturated rings. The van der Waals surface area contributed by atoms with Crippen molar-refractivity contribution >= 4 is 15.7 Å². The fraction of sp³-hybridized carbons (Fsp3) is 0.286. The van der Waals surface area contributed by atoms with Crippen LogP contribution in [0, 0.1) is 0 Å². The van der Waals surface area contributed by atoms with Crippen molar-refractivity contribution in [3.05, 3.63) is 47.8 Å². The van der Waals surface area contributed by atoms with Crippen LogP contribution in [0.2, 0.25) is 0 Å². The second kappa shape index (κ2) is 7.04. The van der Waals surface area contributed by atoms with E-state index in [0.717, 1.165) is 24.3 Å². The van der Waals surface area contributed by atoms with Gasteiger partial charge in [-0.2, -0.15) is 13.2 Å². The van der Waals surface area contributed by atoms with Crippen molar-refractivity contribution in [3.63, 3.8) is 0 Å². The number of alkyl halides is 3. The average molecular weight is 361 g/mol.